The molecule has 2 heterocycles. The minimum absolute atomic E-state index is 0.439. The average molecular weight is 356 g/mol. The molecule has 8 heteroatoms. The first-order chi connectivity index (χ1) is 12.7. The predicted molar refractivity (Wildman–Crippen MR) is 92.1 cm³/mol. The monoisotopic (exact) mass is 356 g/mol. The van der Waals surface area contributed by atoms with Gasteiger partial charge in [0.25, 0.3) is 0 Å². The zero-order valence-corrected chi connectivity index (χ0v) is 13.7. The summed E-state index contributed by atoms with van der Waals surface area (Å²) >= 11 is 0. The Kier molecular flexibility index (Phi) is 4.22. The van der Waals surface area contributed by atoms with Gasteiger partial charge in [0.05, 0.1) is 0 Å². The van der Waals surface area contributed by atoms with Gasteiger partial charge in [-0.25, -0.2) is 0 Å². The highest BCUT2D eigenvalue weighted by Crippen LogP contribution is 2.33. The van der Waals surface area contributed by atoms with E-state index in [1.165, 1.54) is 0 Å². The third-order valence-electron chi connectivity index (χ3n) is 3.81. The zero-order chi connectivity index (χ0) is 17.9. The van der Waals surface area contributed by atoms with Crippen molar-refractivity contribution in [3.63, 3.8) is 0 Å². The van der Waals surface area contributed by atoms with Crippen molar-refractivity contribution in [2.45, 2.75) is 0 Å². The molecule has 4 rings (SSSR count). The van der Waals surface area contributed by atoms with E-state index in [0.717, 1.165) is 0 Å². The maximum absolute atomic E-state index is 12.1. The maximum atomic E-state index is 12.1. The molecule has 0 fully saturated rings. The van der Waals surface area contributed by atoms with Gasteiger partial charge in [-0.15, -0.1) is 0 Å². The molecule has 2 aliphatic rings. The van der Waals surface area contributed by atoms with Gasteiger partial charge in [-0.3, -0.25) is 9.59 Å². The van der Waals surface area contributed by atoms with E-state index in [9.17, 15) is 9.59 Å². The Morgan fingerprint density at radius 3 is 1.42 bits per heavy atom. The Balaban J connectivity index is 1.41. The highest BCUT2D eigenvalue weighted by atomic mass is 16.6. The molecule has 0 aliphatic carbocycles. The summed E-state index contributed by atoms with van der Waals surface area (Å²) in [6.07, 6.45) is 0. The molecule has 0 bridgehead atoms. The van der Waals surface area contributed by atoms with Gasteiger partial charge in [0.1, 0.15) is 26.4 Å². The lowest BCUT2D eigenvalue weighted by molar-refractivity contribution is -0.133. The number of carbonyl (C=O) groups is 2. The number of carbonyl (C=O) groups excluding carboxylic acids is 2. The number of nitrogens with one attached hydrogen (secondary N) is 2. The first-order valence-corrected chi connectivity index (χ1v) is 8.11. The van der Waals surface area contributed by atoms with E-state index >= 15 is 0 Å². The van der Waals surface area contributed by atoms with Crippen molar-refractivity contribution in [1.82, 2.24) is 0 Å². The summed E-state index contributed by atoms with van der Waals surface area (Å²) in [6.45, 7) is 1.84. The van der Waals surface area contributed by atoms with E-state index in [4.69, 9.17) is 18.9 Å². The normalized spacial score (nSPS) is 14.3. The zero-order valence-electron chi connectivity index (χ0n) is 13.7. The molecule has 2 aromatic rings. The van der Waals surface area contributed by atoms with Gasteiger partial charge in [-0.05, 0) is 24.3 Å². The fourth-order valence-corrected chi connectivity index (χ4v) is 2.62. The number of hydrogen-bond acceptors (Lipinski definition) is 6. The molecule has 2 amide bonds. The van der Waals surface area contributed by atoms with E-state index in [-0.39, 0.29) is 0 Å². The van der Waals surface area contributed by atoms with Crippen molar-refractivity contribution >= 4 is 23.2 Å². The molecule has 0 unspecified atom stereocenters. The van der Waals surface area contributed by atoms with Gasteiger partial charge in [-0.2, -0.15) is 0 Å². The highest BCUT2D eigenvalue weighted by Gasteiger charge is 2.18. The van der Waals surface area contributed by atoms with Gasteiger partial charge in [-0.1, -0.05) is 0 Å². The molecule has 2 aromatic carbocycles. The smallest absolute Gasteiger partial charge is 0.314 e. The molecule has 0 saturated carbocycles. The molecule has 0 radical (unpaired) electrons. The van der Waals surface area contributed by atoms with Crippen LogP contribution in [0.5, 0.6) is 23.0 Å². The Hall–Kier alpha value is -3.42. The van der Waals surface area contributed by atoms with Crippen LogP contribution in [0.3, 0.4) is 0 Å². The predicted octanol–water partition coefficient (Wildman–Crippen LogP) is 1.81. The van der Waals surface area contributed by atoms with Crippen LogP contribution >= 0.6 is 0 Å². The Labute approximate surface area is 149 Å². The molecule has 8 nitrogen and oxygen atoms in total. The van der Waals surface area contributed by atoms with E-state index in [0.29, 0.717) is 60.8 Å². The molecule has 0 saturated heterocycles. The van der Waals surface area contributed by atoms with Crippen molar-refractivity contribution in [3.05, 3.63) is 36.4 Å². The molecule has 0 spiro atoms. The van der Waals surface area contributed by atoms with Crippen molar-refractivity contribution in [3.8, 4) is 23.0 Å². The Bertz CT molecular complexity index is 795. The minimum Gasteiger partial charge on any atom is -0.486 e. The number of amides is 2. The molecule has 2 N–H and O–H groups in total. The third-order valence-corrected chi connectivity index (χ3v) is 3.81. The molecular weight excluding hydrogens is 340 g/mol. The summed E-state index contributed by atoms with van der Waals surface area (Å²) in [5.74, 6) is 0.681. The molecule has 2 aliphatic heterocycles. The van der Waals surface area contributed by atoms with Crippen LogP contribution in [-0.2, 0) is 9.59 Å². The number of benzene rings is 2. The summed E-state index contributed by atoms with van der Waals surface area (Å²) in [6, 6.07) is 9.88. The number of ether oxygens (including phenoxy) is 4. The number of anilines is 2. The van der Waals surface area contributed by atoms with E-state index in [1.54, 1.807) is 36.4 Å². The Morgan fingerprint density at radius 1 is 0.615 bits per heavy atom. The van der Waals surface area contributed by atoms with Crippen LogP contribution in [0, 0.1) is 0 Å². The van der Waals surface area contributed by atoms with Crippen molar-refractivity contribution in [1.29, 1.82) is 0 Å². The third kappa shape index (κ3) is 3.34. The minimum atomic E-state index is -0.795. The fourth-order valence-electron chi connectivity index (χ4n) is 2.62. The van der Waals surface area contributed by atoms with Gasteiger partial charge < -0.3 is 29.6 Å². The van der Waals surface area contributed by atoms with Crippen LogP contribution in [0.1, 0.15) is 0 Å². The quantitative estimate of drug-likeness (QED) is 0.797. The van der Waals surface area contributed by atoms with E-state index < -0.39 is 11.8 Å². The second kappa shape index (κ2) is 6.83. The van der Waals surface area contributed by atoms with Gasteiger partial charge in [0.15, 0.2) is 23.0 Å². The van der Waals surface area contributed by atoms with Crippen LogP contribution in [0.25, 0.3) is 0 Å². The van der Waals surface area contributed by atoms with Crippen molar-refractivity contribution in [2.75, 3.05) is 37.1 Å². The van der Waals surface area contributed by atoms with Crippen molar-refractivity contribution < 1.29 is 28.5 Å². The molecular formula is C18H16N2O6. The second-order valence-corrected chi connectivity index (χ2v) is 5.63. The number of fused-ring (bicyclic) bond motifs is 2. The van der Waals surface area contributed by atoms with Crippen LogP contribution in [0.15, 0.2) is 36.4 Å². The maximum Gasteiger partial charge on any atom is 0.314 e. The first kappa shape index (κ1) is 16.1. The second-order valence-electron chi connectivity index (χ2n) is 5.63. The average Bonchev–Trinajstić information content (AvgIpc) is 2.67. The number of hydrogen-bond donors (Lipinski definition) is 2. The molecule has 0 aromatic heterocycles. The van der Waals surface area contributed by atoms with Crippen LogP contribution in [0.4, 0.5) is 11.4 Å². The van der Waals surface area contributed by atoms with Gasteiger partial charge >= 0.3 is 11.8 Å². The van der Waals surface area contributed by atoms with E-state index in [1.807, 2.05) is 0 Å². The highest BCUT2D eigenvalue weighted by molar-refractivity contribution is 6.43. The lowest BCUT2D eigenvalue weighted by Gasteiger charge is -2.19. The molecule has 0 atom stereocenters. The van der Waals surface area contributed by atoms with Crippen molar-refractivity contribution in [2.24, 2.45) is 0 Å². The lowest BCUT2D eigenvalue weighted by Crippen LogP contribution is -2.29. The topological polar surface area (TPSA) is 95.1 Å². The SMILES string of the molecule is O=C(Nc1ccc2c(c1)OCCO2)C(=O)Nc1ccc2c(c1)OCCO2. The standard InChI is InChI=1S/C18H16N2O6/c21-17(19-11-1-3-13-15(9-11)25-7-5-23-13)18(22)20-12-2-4-14-16(10-12)26-8-6-24-14/h1-4,9-10H,5-8H2,(H,19,21)(H,20,22). The van der Waals surface area contributed by atoms with E-state index in [2.05, 4.69) is 10.6 Å². The van der Waals surface area contributed by atoms with Gasteiger partial charge in [0.2, 0.25) is 0 Å². The van der Waals surface area contributed by atoms with Crippen LogP contribution < -0.4 is 29.6 Å². The number of rotatable bonds is 2. The summed E-state index contributed by atoms with van der Waals surface area (Å²) in [4.78, 5) is 24.2. The summed E-state index contributed by atoms with van der Waals surface area (Å²) in [5, 5.41) is 5.06. The molecule has 134 valence electrons. The lowest BCUT2D eigenvalue weighted by atomic mass is 10.2. The molecule has 26 heavy (non-hydrogen) atoms. The summed E-state index contributed by atoms with van der Waals surface area (Å²) in [7, 11) is 0. The first-order valence-electron chi connectivity index (χ1n) is 8.11. The van der Waals surface area contributed by atoms with Crippen LogP contribution in [-0.4, -0.2) is 38.2 Å². The summed E-state index contributed by atoms with van der Waals surface area (Å²) in [5.41, 5.74) is 0.883. The van der Waals surface area contributed by atoms with Gasteiger partial charge in [0, 0.05) is 23.5 Å². The summed E-state index contributed by atoms with van der Waals surface area (Å²) < 4.78 is 21.7. The van der Waals surface area contributed by atoms with Crippen LogP contribution in [0.2, 0.25) is 0 Å². The Morgan fingerprint density at radius 2 is 1.00 bits per heavy atom. The fraction of sp³-hybridized carbons (Fsp3) is 0.222. The largest absolute Gasteiger partial charge is 0.486 e.